The summed E-state index contributed by atoms with van der Waals surface area (Å²) in [5.41, 5.74) is 0.0176. The Hall–Kier alpha value is -1.63. The number of hydrogen-bond donors (Lipinski definition) is 3. The van der Waals surface area contributed by atoms with E-state index in [-0.39, 0.29) is 18.3 Å². The quantitative estimate of drug-likeness (QED) is 0.751. The van der Waals surface area contributed by atoms with Crippen LogP contribution in [0.3, 0.4) is 0 Å². The highest BCUT2D eigenvalue weighted by Gasteiger charge is 2.32. The van der Waals surface area contributed by atoms with E-state index < -0.39 is 5.97 Å². The van der Waals surface area contributed by atoms with E-state index in [0.29, 0.717) is 23.4 Å². The number of amides is 2. The number of aromatic carboxylic acids is 1. The summed E-state index contributed by atoms with van der Waals surface area (Å²) in [6.07, 6.45) is 1.18. The van der Waals surface area contributed by atoms with Crippen LogP contribution in [0.25, 0.3) is 0 Å². The molecule has 0 bridgehead atoms. The minimum Gasteiger partial charge on any atom is -0.476 e. The number of aromatic nitrogens is 1. The summed E-state index contributed by atoms with van der Waals surface area (Å²) in [6, 6.07) is -0.235. The maximum Gasteiger partial charge on any atom is 0.355 e. The Labute approximate surface area is 108 Å². The summed E-state index contributed by atoms with van der Waals surface area (Å²) >= 11 is 1.22. The molecule has 0 aromatic carbocycles. The SMILES string of the molecule is CC1CC1CNC(=O)NCc1nc(C(=O)O)cs1. The van der Waals surface area contributed by atoms with Crippen molar-refractivity contribution < 1.29 is 14.7 Å². The Morgan fingerprint density at radius 1 is 1.56 bits per heavy atom. The predicted molar refractivity (Wildman–Crippen MR) is 66.6 cm³/mol. The van der Waals surface area contributed by atoms with Gasteiger partial charge < -0.3 is 15.7 Å². The Bertz CT molecular complexity index is 460. The average molecular weight is 269 g/mol. The van der Waals surface area contributed by atoms with Crippen LogP contribution in [0, 0.1) is 11.8 Å². The normalized spacial score (nSPS) is 21.4. The van der Waals surface area contributed by atoms with Crippen LogP contribution in [0.1, 0.15) is 28.8 Å². The van der Waals surface area contributed by atoms with E-state index in [4.69, 9.17) is 5.11 Å². The van der Waals surface area contributed by atoms with Crippen molar-refractivity contribution in [1.82, 2.24) is 15.6 Å². The Morgan fingerprint density at radius 2 is 2.28 bits per heavy atom. The van der Waals surface area contributed by atoms with Gasteiger partial charge in [0, 0.05) is 11.9 Å². The lowest BCUT2D eigenvalue weighted by atomic mass is 10.3. The van der Waals surface area contributed by atoms with Gasteiger partial charge in [-0.15, -0.1) is 11.3 Å². The first-order chi connectivity index (χ1) is 8.56. The molecular weight excluding hydrogens is 254 g/mol. The fourth-order valence-corrected chi connectivity index (χ4v) is 2.32. The predicted octanol–water partition coefficient (Wildman–Crippen LogP) is 1.30. The molecule has 1 aromatic heterocycles. The van der Waals surface area contributed by atoms with Crippen LogP contribution in [0.4, 0.5) is 4.79 Å². The van der Waals surface area contributed by atoms with E-state index in [9.17, 15) is 9.59 Å². The summed E-state index contributed by atoms with van der Waals surface area (Å²) in [7, 11) is 0. The van der Waals surface area contributed by atoms with Crippen LogP contribution in [0.2, 0.25) is 0 Å². The van der Waals surface area contributed by atoms with Crippen molar-refractivity contribution in [2.45, 2.75) is 19.9 Å². The van der Waals surface area contributed by atoms with Gasteiger partial charge in [0.15, 0.2) is 5.69 Å². The van der Waals surface area contributed by atoms with Gasteiger partial charge in [-0.3, -0.25) is 0 Å². The highest BCUT2D eigenvalue weighted by Crippen LogP contribution is 2.36. The molecule has 98 valence electrons. The molecule has 18 heavy (non-hydrogen) atoms. The van der Waals surface area contributed by atoms with Crippen molar-refractivity contribution in [3.05, 3.63) is 16.1 Å². The number of rotatable bonds is 5. The van der Waals surface area contributed by atoms with Gasteiger partial charge in [0.25, 0.3) is 0 Å². The molecule has 1 heterocycles. The van der Waals surface area contributed by atoms with Gasteiger partial charge in [0.05, 0.1) is 6.54 Å². The number of carbonyl (C=O) groups is 2. The molecule has 1 saturated carbocycles. The second kappa shape index (κ2) is 5.34. The number of hydrogen-bond acceptors (Lipinski definition) is 4. The Kier molecular flexibility index (Phi) is 3.81. The number of urea groups is 1. The van der Waals surface area contributed by atoms with E-state index in [0.717, 1.165) is 0 Å². The second-order valence-electron chi connectivity index (χ2n) is 4.47. The molecule has 0 radical (unpaired) electrons. The monoisotopic (exact) mass is 269 g/mol. The maximum absolute atomic E-state index is 11.4. The number of nitrogens with zero attached hydrogens (tertiary/aromatic N) is 1. The molecule has 0 saturated heterocycles. The van der Waals surface area contributed by atoms with Crippen molar-refractivity contribution in [1.29, 1.82) is 0 Å². The number of carboxylic acid groups (broad SMARTS) is 1. The number of thiazole rings is 1. The van der Waals surface area contributed by atoms with E-state index in [1.807, 2.05) is 0 Å². The van der Waals surface area contributed by atoms with Gasteiger partial charge >= 0.3 is 12.0 Å². The second-order valence-corrected chi connectivity index (χ2v) is 5.41. The molecule has 7 heteroatoms. The molecule has 2 unspecified atom stereocenters. The fourth-order valence-electron chi connectivity index (χ4n) is 1.62. The minimum atomic E-state index is -1.05. The Balaban J connectivity index is 1.69. The van der Waals surface area contributed by atoms with Crippen LogP contribution in [0.5, 0.6) is 0 Å². The summed E-state index contributed by atoms with van der Waals surface area (Å²) in [5.74, 6) is 0.265. The van der Waals surface area contributed by atoms with Crippen LogP contribution in [0.15, 0.2) is 5.38 Å². The molecule has 1 fully saturated rings. The first kappa shape index (κ1) is 12.8. The lowest BCUT2D eigenvalue weighted by Gasteiger charge is -2.05. The maximum atomic E-state index is 11.4. The zero-order valence-electron chi connectivity index (χ0n) is 9.97. The summed E-state index contributed by atoms with van der Waals surface area (Å²) in [5, 5.41) is 16.2. The van der Waals surface area contributed by atoms with Crippen LogP contribution >= 0.6 is 11.3 Å². The van der Waals surface area contributed by atoms with E-state index in [1.54, 1.807) is 0 Å². The molecule has 2 amide bonds. The van der Waals surface area contributed by atoms with Crippen molar-refractivity contribution in [3.8, 4) is 0 Å². The summed E-state index contributed by atoms with van der Waals surface area (Å²) in [6.45, 7) is 3.11. The van der Waals surface area contributed by atoms with E-state index in [1.165, 1.54) is 23.1 Å². The van der Waals surface area contributed by atoms with Gasteiger partial charge in [-0.1, -0.05) is 6.92 Å². The molecule has 2 atom stereocenters. The molecule has 1 aromatic rings. The summed E-state index contributed by atoms with van der Waals surface area (Å²) in [4.78, 5) is 25.9. The number of carbonyl (C=O) groups excluding carboxylic acids is 1. The smallest absolute Gasteiger partial charge is 0.355 e. The van der Waals surface area contributed by atoms with Gasteiger partial charge in [0.1, 0.15) is 5.01 Å². The average Bonchev–Trinajstić information content (AvgIpc) is 2.84. The van der Waals surface area contributed by atoms with Gasteiger partial charge in [-0.2, -0.15) is 0 Å². The first-order valence-electron chi connectivity index (χ1n) is 5.75. The molecule has 1 aliphatic carbocycles. The lowest BCUT2D eigenvalue weighted by Crippen LogP contribution is -2.36. The highest BCUT2D eigenvalue weighted by molar-refractivity contribution is 7.09. The zero-order valence-corrected chi connectivity index (χ0v) is 10.8. The van der Waals surface area contributed by atoms with Crippen LogP contribution < -0.4 is 10.6 Å². The first-order valence-corrected chi connectivity index (χ1v) is 6.63. The molecule has 6 nitrogen and oxygen atoms in total. The van der Waals surface area contributed by atoms with Crippen molar-refractivity contribution >= 4 is 23.3 Å². The zero-order chi connectivity index (χ0) is 13.1. The number of carboxylic acids is 1. The minimum absolute atomic E-state index is 0.0176. The largest absolute Gasteiger partial charge is 0.476 e. The van der Waals surface area contributed by atoms with Gasteiger partial charge in [-0.05, 0) is 18.3 Å². The molecule has 2 rings (SSSR count). The standard InChI is InChI=1S/C11H15N3O3S/c1-6-2-7(6)3-12-11(17)13-4-9-14-8(5-18-9)10(15)16/h5-7H,2-4H2,1H3,(H,15,16)(H2,12,13,17). The summed E-state index contributed by atoms with van der Waals surface area (Å²) < 4.78 is 0. The molecule has 0 aliphatic heterocycles. The van der Waals surface area contributed by atoms with Crippen molar-refractivity contribution in [3.63, 3.8) is 0 Å². The fraction of sp³-hybridized carbons (Fsp3) is 0.545. The molecule has 0 spiro atoms. The topological polar surface area (TPSA) is 91.3 Å². The third kappa shape index (κ3) is 3.43. The third-order valence-corrected chi connectivity index (χ3v) is 3.82. The number of nitrogens with one attached hydrogen (secondary N) is 2. The van der Waals surface area contributed by atoms with E-state index >= 15 is 0 Å². The Morgan fingerprint density at radius 3 is 2.83 bits per heavy atom. The highest BCUT2D eigenvalue weighted by atomic mass is 32.1. The molecular formula is C11H15N3O3S. The lowest BCUT2D eigenvalue weighted by molar-refractivity contribution is 0.0691. The van der Waals surface area contributed by atoms with Gasteiger partial charge in [0.2, 0.25) is 0 Å². The van der Waals surface area contributed by atoms with Crippen LogP contribution in [-0.4, -0.2) is 28.6 Å². The molecule has 3 N–H and O–H groups in total. The van der Waals surface area contributed by atoms with Crippen molar-refractivity contribution in [2.75, 3.05) is 6.54 Å². The molecule has 1 aliphatic rings. The van der Waals surface area contributed by atoms with Gasteiger partial charge in [-0.25, -0.2) is 14.6 Å². The van der Waals surface area contributed by atoms with E-state index in [2.05, 4.69) is 22.5 Å². The van der Waals surface area contributed by atoms with Crippen LogP contribution in [-0.2, 0) is 6.54 Å². The third-order valence-electron chi connectivity index (χ3n) is 2.97. The van der Waals surface area contributed by atoms with Crippen molar-refractivity contribution in [2.24, 2.45) is 11.8 Å².